The summed E-state index contributed by atoms with van der Waals surface area (Å²) in [6.45, 7) is 3.59. The van der Waals surface area contributed by atoms with Gasteiger partial charge < -0.3 is 4.90 Å². The fraction of sp³-hybridized carbons (Fsp3) is 0.889. The van der Waals surface area contributed by atoms with Gasteiger partial charge in [-0.2, -0.15) is 0 Å². The van der Waals surface area contributed by atoms with Gasteiger partial charge in [0, 0.05) is 25.3 Å². The average Bonchev–Trinajstić information content (AvgIpc) is 2.06. The van der Waals surface area contributed by atoms with Gasteiger partial charge in [-0.05, 0) is 25.2 Å². The van der Waals surface area contributed by atoms with Crippen molar-refractivity contribution in [3.8, 4) is 0 Å². The lowest BCUT2D eigenvalue weighted by molar-refractivity contribution is -0.130. The molecule has 12 heavy (non-hydrogen) atoms. The van der Waals surface area contributed by atoms with Crippen LogP contribution in [-0.4, -0.2) is 29.2 Å². The minimum absolute atomic E-state index is 0.229. The van der Waals surface area contributed by atoms with Crippen molar-refractivity contribution in [1.29, 1.82) is 0 Å². The number of amides is 1. The first-order valence-electron chi connectivity index (χ1n) is 4.55. The number of alkyl halides is 1. The Balaban J connectivity index is 2.25. The monoisotopic (exact) mass is 233 g/mol. The van der Waals surface area contributed by atoms with Gasteiger partial charge in [-0.15, -0.1) is 0 Å². The minimum atomic E-state index is 0.229. The topological polar surface area (TPSA) is 20.3 Å². The molecule has 2 nitrogen and oxygen atoms in total. The van der Waals surface area contributed by atoms with Crippen molar-refractivity contribution in [3.05, 3.63) is 0 Å². The van der Waals surface area contributed by atoms with Crippen molar-refractivity contribution >= 4 is 21.8 Å². The number of carbonyl (C=O) groups is 1. The van der Waals surface area contributed by atoms with E-state index in [1.165, 1.54) is 19.3 Å². The van der Waals surface area contributed by atoms with Crippen LogP contribution in [0.15, 0.2) is 0 Å². The molecule has 0 atom stereocenters. The lowest BCUT2D eigenvalue weighted by Gasteiger charge is -2.30. The summed E-state index contributed by atoms with van der Waals surface area (Å²) in [6.07, 6.45) is 3.63. The second-order valence-corrected chi connectivity index (χ2v) is 4.22. The van der Waals surface area contributed by atoms with Crippen LogP contribution in [0.2, 0.25) is 0 Å². The number of rotatable bonds is 2. The number of hydrogen-bond acceptors (Lipinski definition) is 1. The molecule has 0 saturated carbocycles. The third-order valence-corrected chi connectivity index (χ3v) is 3.04. The highest BCUT2D eigenvalue weighted by molar-refractivity contribution is 9.09. The van der Waals surface area contributed by atoms with Crippen LogP contribution in [0.3, 0.4) is 0 Å². The van der Waals surface area contributed by atoms with Crippen LogP contribution in [0.1, 0.15) is 26.2 Å². The molecule has 0 N–H and O–H groups in total. The molecule has 1 aliphatic rings. The van der Waals surface area contributed by atoms with Gasteiger partial charge in [-0.1, -0.05) is 15.9 Å². The van der Waals surface area contributed by atoms with Crippen molar-refractivity contribution in [1.82, 2.24) is 4.90 Å². The summed E-state index contributed by atoms with van der Waals surface area (Å²) in [5, 5.41) is 1.09. The van der Waals surface area contributed by atoms with E-state index >= 15 is 0 Å². The van der Waals surface area contributed by atoms with Crippen LogP contribution >= 0.6 is 15.9 Å². The molecule has 0 bridgehead atoms. The van der Waals surface area contributed by atoms with Gasteiger partial charge in [0.2, 0.25) is 5.91 Å². The molecule has 1 saturated heterocycles. The molecule has 3 heteroatoms. The van der Waals surface area contributed by atoms with Crippen molar-refractivity contribution in [2.24, 2.45) is 5.92 Å². The fourth-order valence-corrected chi connectivity index (χ4v) is 2.34. The smallest absolute Gasteiger partial charge is 0.219 e. The molecule has 1 aliphatic heterocycles. The molecule has 0 aromatic heterocycles. The molecule has 0 aliphatic carbocycles. The maximum Gasteiger partial charge on any atom is 0.219 e. The second-order valence-electron chi connectivity index (χ2n) is 3.43. The number of nitrogens with zero attached hydrogens (tertiary/aromatic N) is 1. The second kappa shape index (κ2) is 4.85. The summed E-state index contributed by atoms with van der Waals surface area (Å²) in [5.74, 6) is 1.06. The Hall–Kier alpha value is -0.0500. The highest BCUT2D eigenvalue weighted by Gasteiger charge is 2.19. The van der Waals surface area contributed by atoms with Gasteiger partial charge in [0.05, 0.1) is 0 Å². The normalized spacial score (nSPS) is 19.7. The summed E-state index contributed by atoms with van der Waals surface area (Å²) in [5.41, 5.74) is 0. The summed E-state index contributed by atoms with van der Waals surface area (Å²) >= 11 is 3.45. The summed E-state index contributed by atoms with van der Waals surface area (Å²) in [6, 6.07) is 0. The van der Waals surface area contributed by atoms with Crippen molar-refractivity contribution in [2.75, 3.05) is 18.4 Å². The van der Waals surface area contributed by atoms with Gasteiger partial charge in [0.15, 0.2) is 0 Å². The van der Waals surface area contributed by atoms with E-state index in [-0.39, 0.29) is 5.91 Å². The molecular formula is C9H16BrNO. The Morgan fingerprint density at radius 3 is 2.50 bits per heavy atom. The zero-order valence-corrected chi connectivity index (χ0v) is 9.14. The predicted octanol–water partition coefficient (Wildman–Crippen LogP) is 2.03. The van der Waals surface area contributed by atoms with E-state index in [2.05, 4.69) is 15.9 Å². The number of hydrogen-bond donors (Lipinski definition) is 0. The largest absolute Gasteiger partial charge is 0.343 e. The molecular weight excluding hydrogens is 218 g/mol. The maximum absolute atomic E-state index is 11.0. The van der Waals surface area contributed by atoms with Gasteiger partial charge in [-0.3, -0.25) is 4.79 Å². The standard InChI is InChI=1S/C9H16BrNO/c1-8(12)11-6-3-9(2-5-10)4-7-11/h9H,2-7H2,1H3. The van der Waals surface area contributed by atoms with E-state index in [0.717, 1.165) is 24.3 Å². The maximum atomic E-state index is 11.0. The molecule has 1 fully saturated rings. The number of carbonyl (C=O) groups excluding carboxylic acids is 1. The van der Waals surface area contributed by atoms with Crippen LogP contribution in [0.25, 0.3) is 0 Å². The van der Waals surface area contributed by atoms with Crippen LogP contribution < -0.4 is 0 Å². The molecule has 1 heterocycles. The molecule has 0 aromatic rings. The average molecular weight is 234 g/mol. The van der Waals surface area contributed by atoms with Gasteiger partial charge in [0.1, 0.15) is 0 Å². The van der Waals surface area contributed by atoms with E-state index in [1.807, 2.05) is 4.90 Å². The van der Waals surface area contributed by atoms with Crippen molar-refractivity contribution in [3.63, 3.8) is 0 Å². The number of halogens is 1. The predicted molar refractivity (Wildman–Crippen MR) is 53.4 cm³/mol. The first kappa shape index (κ1) is 10.0. The van der Waals surface area contributed by atoms with E-state index in [1.54, 1.807) is 6.92 Å². The Labute approximate surface area is 82.4 Å². The van der Waals surface area contributed by atoms with E-state index in [0.29, 0.717) is 0 Å². The lowest BCUT2D eigenvalue weighted by Crippen LogP contribution is -2.37. The van der Waals surface area contributed by atoms with E-state index < -0.39 is 0 Å². The minimum Gasteiger partial charge on any atom is -0.343 e. The SMILES string of the molecule is CC(=O)N1CCC(CCBr)CC1. The molecule has 0 aromatic carbocycles. The van der Waals surface area contributed by atoms with Gasteiger partial charge >= 0.3 is 0 Å². The number of likely N-dealkylation sites (tertiary alicyclic amines) is 1. The summed E-state index contributed by atoms with van der Waals surface area (Å²) < 4.78 is 0. The third-order valence-electron chi connectivity index (χ3n) is 2.58. The highest BCUT2D eigenvalue weighted by atomic mass is 79.9. The third kappa shape index (κ3) is 2.77. The molecule has 0 radical (unpaired) electrons. The zero-order valence-electron chi connectivity index (χ0n) is 7.55. The Kier molecular flexibility index (Phi) is 4.06. The number of piperidine rings is 1. The zero-order chi connectivity index (χ0) is 8.97. The molecule has 0 unspecified atom stereocenters. The van der Waals surface area contributed by atoms with Gasteiger partial charge in [0.25, 0.3) is 0 Å². The van der Waals surface area contributed by atoms with Crippen molar-refractivity contribution in [2.45, 2.75) is 26.2 Å². The first-order chi connectivity index (χ1) is 5.74. The molecule has 70 valence electrons. The van der Waals surface area contributed by atoms with Crippen LogP contribution in [0.4, 0.5) is 0 Å². The highest BCUT2D eigenvalue weighted by Crippen LogP contribution is 2.20. The fourth-order valence-electron chi connectivity index (χ4n) is 1.69. The summed E-state index contributed by atoms with van der Waals surface area (Å²) in [4.78, 5) is 12.9. The first-order valence-corrected chi connectivity index (χ1v) is 5.67. The van der Waals surface area contributed by atoms with Gasteiger partial charge in [-0.25, -0.2) is 0 Å². The van der Waals surface area contributed by atoms with Crippen LogP contribution in [0.5, 0.6) is 0 Å². The summed E-state index contributed by atoms with van der Waals surface area (Å²) in [7, 11) is 0. The molecule has 0 spiro atoms. The van der Waals surface area contributed by atoms with Crippen LogP contribution in [0, 0.1) is 5.92 Å². The Morgan fingerprint density at radius 1 is 1.50 bits per heavy atom. The Morgan fingerprint density at radius 2 is 2.08 bits per heavy atom. The molecule has 1 amide bonds. The molecule has 1 rings (SSSR count). The van der Waals surface area contributed by atoms with E-state index in [9.17, 15) is 4.79 Å². The van der Waals surface area contributed by atoms with E-state index in [4.69, 9.17) is 0 Å². The van der Waals surface area contributed by atoms with Crippen molar-refractivity contribution < 1.29 is 4.79 Å². The van der Waals surface area contributed by atoms with Crippen LogP contribution in [-0.2, 0) is 4.79 Å². The quantitative estimate of drug-likeness (QED) is 0.669. The Bertz CT molecular complexity index is 153. The lowest BCUT2D eigenvalue weighted by atomic mass is 9.94.